The largest absolute Gasteiger partial charge is 0.278 e. The molecule has 8 aromatic carbocycles. The van der Waals surface area contributed by atoms with Crippen LogP contribution >= 0.6 is 0 Å². The highest BCUT2D eigenvalue weighted by atomic mass is 15.2. The van der Waals surface area contributed by atoms with Crippen molar-refractivity contribution >= 4 is 21.8 Å². The van der Waals surface area contributed by atoms with Gasteiger partial charge in [0.25, 0.3) is 0 Å². The minimum absolute atomic E-state index is 0.193. The van der Waals surface area contributed by atoms with Crippen LogP contribution in [0.25, 0.3) is 95.0 Å². The Balaban J connectivity index is 1.11. The molecule has 4 nitrogen and oxygen atoms in total. The van der Waals surface area contributed by atoms with Crippen molar-refractivity contribution in [2.75, 3.05) is 0 Å². The monoisotopic (exact) mass is 838 g/mol. The molecule has 0 amide bonds. The summed E-state index contributed by atoms with van der Waals surface area (Å²) >= 11 is 0. The van der Waals surface area contributed by atoms with Crippen molar-refractivity contribution in [1.82, 2.24) is 19.5 Å². The van der Waals surface area contributed by atoms with Gasteiger partial charge in [-0.25, -0.2) is 4.98 Å². The zero-order chi connectivity index (χ0) is 45.1. The number of nitrogens with zero attached hydrogens (tertiary/aromatic N) is 4. The molecule has 0 saturated heterocycles. The van der Waals surface area contributed by atoms with Crippen LogP contribution in [0, 0.1) is 49.4 Å². The fourth-order valence-corrected chi connectivity index (χ4v) is 9.81. The SMILES string of the molecule is C#Cc1cccc(-c2ccc(-c3cccc(-c4nc(-c5ccccc5)nc(-n5c6ccccc6c6cc7c(cc65)C(C)(C)c5ccccc5-7)n4)c3)cc2-c2cccc(C#C)c2C#C)c1C#C. The van der Waals surface area contributed by atoms with E-state index in [1.165, 1.54) is 22.3 Å². The van der Waals surface area contributed by atoms with E-state index in [9.17, 15) is 0 Å². The first-order valence-electron chi connectivity index (χ1n) is 21.7. The maximum Gasteiger partial charge on any atom is 0.238 e. The molecule has 66 heavy (non-hydrogen) atoms. The predicted molar refractivity (Wildman–Crippen MR) is 271 cm³/mol. The second kappa shape index (κ2) is 15.6. The molecule has 0 saturated carbocycles. The van der Waals surface area contributed by atoms with Crippen molar-refractivity contribution in [3.05, 3.63) is 203 Å². The average Bonchev–Trinajstić information content (AvgIpc) is 3.82. The maximum absolute atomic E-state index is 6.18. The molecule has 1 aliphatic rings. The Hall–Kier alpha value is -9.19. The smallest absolute Gasteiger partial charge is 0.238 e. The normalized spacial score (nSPS) is 12.2. The Morgan fingerprint density at radius 1 is 0.394 bits per heavy atom. The topological polar surface area (TPSA) is 43.6 Å². The number of fused-ring (bicyclic) bond motifs is 6. The lowest BCUT2D eigenvalue weighted by Crippen LogP contribution is -2.15. The summed E-state index contributed by atoms with van der Waals surface area (Å²) in [6, 6.07) is 58.1. The van der Waals surface area contributed by atoms with Crippen LogP contribution in [0.4, 0.5) is 0 Å². The van der Waals surface area contributed by atoms with E-state index >= 15 is 0 Å². The Labute approximate surface area is 384 Å². The standard InChI is InChI=1S/C62H38N4/c1-7-39-23-19-29-47(45(39)9-3)49-34-33-43(36-52(49)48-30-20-24-40(8-2)46(48)10-4)42-25-18-26-44(35-42)60-63-59(41-21-12-11-13-22-41)64-61(65-60)66-57-32-17-15-28-51(57)54-37-53-50-27-14-16-31-55(50)62(5,6)56(53)38-58(54)66/h1-4,11-38H,5-6H3. The second-order valence-corrected chi connectivity index (χ2v) is 17.0. The van der Waals surface area contributed by atoms with E-state index < -0.39 is 0 Å². The van der Waals surface area contributed by atoms with Gasteiger partial charge in [0.2, 0.25) is 5.95 Å². The zero-order valence-electron chi connectivity index (χ0n) is 36.3. The fourth-order valence-electron chi connectivity index (χ4n) is 9.81. The number of hydrogen-bond donors (Lipinski definition) is 0. The maximum atomic E-state index is 6.18. The summed E-state index contributed by atoms with van der Waals surface area (Å²) < 4.78 is 2.20. The third-order valence-electron chi connectivity index (χ3n) is 13.0. The first-order valence-corrected chi connectivity index (χ1v) is 21.7. The molecule has 0 radical (unpaired) electrons. The molecule has 0 unspecified atom stereocenters. The minimum atomic E-state index is -0.193. The van der Waals surface area contributed by atoms with Crippen LogP contribution in [0.2, 0.25) is 0 Å². The Morgan fingerprint density at radius 3 is 1.71 bits per heavy atom. The molecule has 306 valence electrons. The summed E-state index contributed by atoms with van der Waals surface area (Å²) in [5, 5.41) is 2.27. The molecule has 0 N–H and O–H groups in total. The fraction of sp³-hybridized carbons (Fsp3) is 0.0484. The highest BCUT2D eigenvalue weighted by molar-refractivity contribution is 6.11. The molecule has 2 aromatic heterocycles. The molecule has 0 fully saturated rings. The van der Waals surface area contributed by atoms with Crippen molar-refractivity contribution < 1.29 is 0 Å². The molecule has 0 bridgehead atoms. The van der Waals surface area contributed by atoms with Crippen LogP contribution in [0.1, 0.15) is 47.2 Å². The molecular formula is C62H38N4. The van der Waals surface area contributed by atoms with Gasteiger partial charge in [-0.1, -0.05) is 165 Å². The average molecular weight is 839 g/mol. The van der Waals surface area contributed by atoms with Gasteiger partial charge in [-0.15, -0.1) is 25.7 Å². The molecule has 0 atom stereocenters. The third-order valence-corrected chi connectivity index (χ3v) is 13.0. The first-order chi connectivity index (χ1) is 32.3. The van der Waals surface area contributed by atoms with E-state index in [1.54, 1.807) is 0 Å². The molecule has 0 spiro atoms. The number of terminal acetylenes is 4. The van der Waals surface area contributed by atoms with Gasteiger partial charge in [-0.2, -0.15) is 9.97 Å². The van der Waals surface area contributed by atoms with E-state index in [4.69, 9.17) is 40.6 Å². The van der Waals surface area contributed by atoms with Crippen LogP contribution in [-0.4, -0.2) is 19.5 Å². The number of rotatable bonds is 6. The highest BCUT2D eigenvalue weighted by Crippen LogP contribution is 2.51. The number of para-hydroxylation sites is 1. The van der Waals surface area contributed by atoms with Crippen LogP contribution in [0.15, 0.2) is 170 Å². The summed E-state index contributed by atoms with van der Waals surface area (Å²) in [5.41, 5.74) is 16.5. The van der Waals surface area contributed by atoms with Crippen molar-refractivity contribution in [3.8, 4) is 123 Å². The molecule has 2 heterocycles. The molecule has 10 aromatic rings. The van der Waals surface area contributed by atoms with Crippen LogP contribution < -0.4 is 0 Å². The molecule has 11 rings (SSSR count). The zero-order valence-corrected chi connectivity index (χ0v) is 36.3. The molecular weight excluding hydrogens is 801 g/mol. The van der Waals surface area contributed by atoms with Gasteiger partial charge in [-0.05, 0) is 98.1 Å². The summed E-state index contributed by atoms with van der Waals surface area (Å²) in [7, 11) is 0. The minimum Gasteiger partial charge on any atom is -0.278 e. The van der Waals surface area contributed by atoms with Crippen LogP contribution in [-0.2, 0) is 5.41 Å². The van der Waals surface area contributed by atoms with Gasteiger partial charge in [0.05, 0.1) is 11.0 Å². The number of hydrogen-bond acceptors (Lipinski definition) is 3. The van der Waals surface area contributed by atoms with Gasteiger partial charge < -0.3 is 0 Å². The van der Waals surface area contributed by atoms with Crippen molar-refractivity contribution in [3.63, 3.8) is 0 Å². The van der Waals surface area contributed by atoms with Gasteiger partial charge in [0, 0.05) is 49.6 Å². The summed E-state index contributed by atoms with van der Waals surface area (Å²) in [5.74, 6) is 12.9. The van der Waals surface area contributed by atoms with E-state index in [2.05, 4.69) is 133 Å². The van der Waals surface area contributed by atoms with Crippen molar-refractivity contribution in [2.24, 2.45) is 0 Å². The third kappa shape index (κ3) is 6.21. The second-order valence-electron chi connectivity index (χ2n) is 17.0. The summed E-state index contributed by atoms with van der Waals surface area (Å²) in [6.45, 7) is 4.62. The predicted octanol–water partition coefficient (Wildman–Crippen LogP) is 13.5. The molecule has 4 heteroatoms. The van der Waals surface area contributed by atoms with Gasteiger partial charge in [0.1, 0.15) is 0 Å². The summed E-state index contributed by atoms with van der Waals surface area (Å²) in [4.78, 5) is 15.8. The van der Waals surface area contributed by atoms with E-state index in [0.717, 1.165) is 66.3 Å². The Kier molecular flexibility index (Phi) is 9.34. The Morgan fingerprint density at radius 2 is 0.985 bits per heavy atom. The number of benzene rings is 8. The van der Waals surface area contributed by atoms with Gasteiger partial charge >= 0.3 is 0 Å². The van der Waals surface area contributed by atoms with Crippen LogP contribution in [0.5, 0.6) is 0 Å². The Bertz CT molecular complexity index is 3840. The van der Waals surface area contributed by atoms with Crippen LogP contribution in [0.3, 0.4) is 0 Å². The van der Waals surface area contributed by atoms with Gasteiger partial charge in [0.15, 0.2) is 11.6 Å². The van der Waals surface area contributed by atoms with Gasteiger partial charge in [-0.3, -0.25) is 4.57 Å². The lowest BCUT2D eigenvalue weighted by Gasteiger charge is -2.21. The lowest BCUT2D eigenvalue weighted by molar-refractivity contribution is 0.661. The number of aromatic nitrogens is 4. The van der Waals surface area contributed by atoms with E-state index in [0.29, 0.717) is 39.9 Å². The quantitative estimate of drug-likeness (QED) is 0.157. The van der Waals surface area contributed by atoms with Crippen molar-refractivity contribution in [2.45, 2.75) is 19.3 Å². The molecule has 0 aliphatic heterocycles. The van der Waals surface area contributed by atoms with Crippen molar-refractivity contribution in [1.29, 1.82) is 0 Å². The lowest BCUT2D eigenvalue weighted by atomic mass is 9.82. The first kappa shape index (κ1) is 39.6. The van der Waals surface area contributed by atoms with E-state index in [1.807, 2.05) is 78.9 Å². The summed E-state index contributed by atoms with van der Waals surface area (Å²) in [6.07, 6.45) is 24.2. The van der Waals surface area contributed by atoms with E-state index in [-0.39, 0.29) is 5.41 Å². The highest BCUT2D eigenvalue weighted by Gasteiger charge is 2.36. The molecule has 1 aliphatic carbocycles.